The second-order valence-electron chi connectivity index (χ2n) is 4.17. The largest absolute Gasteiger partial charge is 0.348 e. The van der Waals surface area contributed by atoms with Crippen molar-refractivity contribution in [1.82, 2.24) is 4.98 Å². The first-order valence-electron chi connectivity index (χ1n) is 5.13. The Morgan fingerprint density at radius 1 is 1.71 bits per heavy atom. The fourth-order valence-electron chi connectivity index (χ4n) is 1.74. The number of thiazole rings is 1. The minimum Gasteiger partial charge on any atom is -0.348 e. The Morgan fingerprint density at radius 3 is 3.00 bits per heavy atom. The second-order valence-corrected chi connectivity index (χ2v) is 5.21. The Hall–Kier alpha value is -0.610. The van der Waals surface area contributed by atoms with Crippen LogP contribution in [0.15, 0.2) is 6.20 Å². The smallest absolute Gasteiger partial charge is 0.185 e. The van der Waals surface area contributed by atoms with Crippen LogP contribution < -0.4 is 10.6 Å². The monoisotopic (exact) mass is 211 g/mol. The molecule has 1 aromatic rings. The van der Waals surface area contributed by atoms with E-state index >= 15 is 0 Å². The molecule has 1 aliphatic heterocycles. The number of nitrogens with two attached hydrogens (primary N) is 1. The maximum atomic E-state index is 5.80. The zero-order valence-electron chi connectivity index (χ0n) is 8.73. The van der Waals surface area contributed by atoms with Gasteiger partial charge in [0.25, 0.3) is 0 Å². The van der Waals surface area contributed by atoms with Crippen LogP contribution in [0.2, 0.25) is 0 Å². The summed E-state index contributed by atoms with van der Waals surface area (Å²) in [5, 5.41) is 1.14. The van der Waals surface area contributed by atoms with Gasteiger partial charge in [0.15, 0.2) is 5.13 Å². The van der Waals surface area contributed by atoms with Gasteiger partial charge in [0.2, 0.25) is 0 Å². The highest BCUT2D eigenvalue weighted by atomic mass is 32.1. The molecule has 0 radical (unpaired) electrons. The maximum Gasteiger partial charge on any atom is 0.185 e. The predicted molar refractivity (Wildman–Crippen MR) is 60.7 cm³/mol. The van der Waals surface area contributed by atoms with Gasteiger partial charge in [0.1, 0.15) is 0 Å². The highest BCUT2D eigenvalue weighted by Crippen LogP contribution is 2.29. The Balaban J connectivity index is 2.09. The van der Waals surface area contributed by atoms with E-state index in [1.165, 1.54) is 11.3 Å². The van der Waals surface area contributed by atoms with Gasteiger partial charge >= 0.3 is 0 Å². The van der Waals surface area contributed by atoms with Crippen molar-refractivity contribution in [3.05, 3.63) is 11.1 Å². The third-order valence-electron chi connectivity index (χ3n) is 2.65. The van der Waals surface area contributed by atoms with Gasteiger partial charge in [-0.05, 0) is 19.3 Å². The summed E-state index contributed by atoms with van der Waals surface area (Å²) in [6.45, 7) is 6.59. The second kappa shape index (κ2) is 3.87. The zero-order chi connectivity index (χ0) is 10.1. The number of anilines is 1. The lowest BCUT2D eigenvalue weighted by Gasteiger charge is -2.13. The van der Waals surface area contributed by atoms with Crippen molar-refractivity contribution in [2.24, 2.45) is 11.7 Å². The number of hydrogen-bond donors (Lipinski definition) is 1. The molecule has 3 nitrogen and oxygen atoms in total. The van der Waals surface area contributed by atoms with Gasteiger partial charge in [-0.1, -0.05) is 6.92 Å². The van der Waals surface area contributed by atoms with Crippen molar-refractivity contribution in [3.63, 3.8) is 0 Å². The molecule has 0 spiro atoms. The normalized spacial score (nSPS) is 24.2. The molecule has 2 rings (SSSR count). The third-order valence-corrected chi connectivity index (χ3v) is 3.91. The molecule has 0 bridgehead atoms. The third kappa shape index (κ3) is 1.91. The van der Waals surface area contributed by atoms with Gasteiger partial charge in [-0.15, -0.1) is 11.3 Å². The van der Waals surface area contributed by atoms with Crippen molar-refractivity contribution < 1.29 is 0 Å². The van der Waals surface area contributed by atoms with E-state index in [2.05, 4.69) is 16.8 Å². The summed E-state index contributed by atoms with van der Waals surface area (Å²) in [6, 6.07) is 0.112. The molecule has 2 N–H and O–H groups in total. The topological polar surface area (TPSA) is 42.2 Å². The molecular weight excluding hydrogens is 194 g/mol. The summed E-state index contributed by atoms with van der Waals surface area (Å²) in [4.78, 5) is 7.96. The molecule has 0 aliphatic carbocycles. The molecule has 1 saturated heterocycles. The van der Waals surface area contributed by atoms with Crippen LogP contribution in [-0.2, 0) is 0 Å². The highest BCUT2D eigenvalue weighted by molar-refractivity contribution is 7.15. The van der Waals surface area contributed by atoms with Crippen LogP contribution in [0.1, 0.15) is 31.2 Å². The van der Waals surface area contributed by atoms with Crippen molar-refractivity contribution in [3.8, 4) is 0 Å². The number of rotatable bonds is 2. The van der Waals surface area contributed by atoms with Crippen LogP contribution in [0.25, 0.3) is 0 Å². The Bertz CT molecular complexity index is 308. The van der Waals surface area contributed by atoms with Gasteiger partial charge < -0.3 is 10.6 Å². The summed E-state index contributed by atoms with van der Waals surface area (Å²) in [7, 11) is 0. The Labute approximate surface area is 88.9 Å². The van der Waals surface area contributed by atoms with Crippen LogP contribution in [0, 0.1) is 5.92 Å². The number of hydrogen-bond acceptors (Lipinski definition) is 4. The fourth-order valence-corrected chi connectivity index (χ4v) is 2.64. The lowest BCUT2D eigenvalue weighted by atomic mass is 10.2. The van der Waals surface area contributed by atoms with E-state index in [9.17, 15) is 0 Å². The van der Waals surface area contributed by atoms with E-state index in [-0.39, 0.29) is 6.04 Å². The van der Waals surface area contributed by atoms with E-state index in [0.717, 1.165) is 24.1 Å². The van der Waals surface area contributed by atoms with E-state index < -0.39 is 0 Å². The van der Waals surface area contributed by atoms with Crippen molar-refractivity contribution in [1.29, 1.82) is 0 Å². The molecule has 2 unspecified atom stereocenters. The summed E-state index contributed by atoms with van der Waals surface area (Å²) in [5.41, 5.74) is 5.80. The number of nitrogens with zero attached hydrogens (tertiary/aromatic N) is 2. The van der Waals surface area contributed by atoms with E-state index in [1.54, 1.807) is 11.3 Å². The molecule has 4 heteroatoms. The van der Waals surface area contributed by atoms with Crippen molar-refractivity contribution >= 4 is 16.5 Å². The van der Waals surface area contributed by atoms with Crippen molar-refractivity contribution in [2.75, 3.05) is 18.0 Å². The summed E-state index contributed by atoms with van der Waals surface area (Å²) in [5.74, 6) is 0.803. The molecule has 0 saturated carbocycles. The average molecular weight is 211 g/mol. The molecule has 2 atom stereocenters. The minimum atomic E-state index is 0.112. The standard InChI is InChI=1S/C10H17N3S/c1-7-3-4-13(6-7)10-12-5-9(14-10)8(2)11/h5,7-8H,3-4,6,11H2,1-2H3. The van der Waals surface area contributed by atoms with Crippen LogP contribution in [0.3, 0.4) is 0 Å². The molecule has 2 heterocycles. The molecular formula is C10H17N3S. The van der Waals surface area contributed by atoms with E-state index in [1.807, 2.05) is 13.1 Å². The maximum absolute atomic E-state index is 5.80. The molecule has 0 aromatic carbocycles. The molecule has 0 amide bonds. The molecule has 1 aliphatic rings. The first-order chi connectivity index (χ1) is 6.66. The molecule has 1 fully saturated rings. The lowest BCUT2D eigenvalue weighted by Crippen LogP contribution is -2.18. The van der Waals surface area contributed by atoms with Crippen LogP contribution in [0.5, 0.6) is 0 Å². The Morgan fingerprint density at radius 2 is 2.50 bits per heavy atom. The van der Waals surface area contributed by atoms with E-state index in [0.29, 0.717) is 0 Å². The molecule has 14 heavy (non-hydrogen) atoms. The zero-order valence-corrected chi connectivity index (χ0v) is 9.55. The van der Waals surface area contributed by atoms with Gasteiger partial charge in [-0.2, -0.15) is 0 Å². The quantitative estimate of drug-likeness (QED) is 0.813. The predicted octanol–water partition coefficient (Wildman–Crippen LogP) is 2.01. The van der Waals surface area contributed by atoms with Crippen LogP contribution in [-0.4, -0.2) is 18.1 Å². The van der Waals surface area contributed by atoms with Gasteiger partial charge in [-0.3, -0.25) is 0 Å². The molecule has 1 aromatic heterocycles. The van der Waals surface area contributed by atoms with Gasteiger partial charge in [0.05, 0.1) is 0 Å². The van der Waals surface area contributed by atoms with Crippen molar-refractivity contribution in [2.45, 2.75) is 26.3 Å². The van der Waals surface area contributed by atoms with Gasteiger partial charge in [0, 0.05) is 30.2 Å². The lowest BCUT2D eigenvalue weighted by molar-refractivity contribution is 0.659. The average Bonchev–Trinajstić information content (AvgIpc) is 2.70. The first kappa shape index (κ1) is 9.93. The van der Waals surface area contributed by atoms with E-state index in [4.69, 9.17) is 5.73 Å². The first-order valence-corrected chi connectivity index (χ1v) is 5.94. The summed E-state index contributed by atoms with van der Waals surface area (Å²) < 4.78 is 0. The van der Waals surface area contributed by atoms with Crippen LogP contribution >= 0.6 is 11.3 Å². The van der Waals surface area contributed by atoms with Crippen LogP contribution in [0.4, 0.5) is 5.13 Å². The Kier molecular flexibility index (Phi) is 2.74. The minimum absolute atomic E-state index is 0.112. The molecule has 78 valence electrons. The number of aromatic nitrogens is 1. The summed E-state index contributed by atoms with van der Waals surface area (Å²) >= 11 is 1.73. The highest BCUT2D eigenvalue weighted by Gasteiger charge is 2.21. The summed E-state index contributed by atoms with van der Waals surface area (Å²) in [6.07, 6.45) is 3.20. The SMILES string of the molecule is CC1CCN(c2ncc(C(C)N)s2)C1. The fraction of sp³-hybridized carbons (Fsp3) is 0.700. The van der Waals surface area contributed by atoms with Gasteiger partial charge in [-0.25, -0.2) is 4.98 Å².